The summed E-state index contributed by atoms with van der Waals surface area (Å²) in [4.78, 5) is 4.80. The summed E-state index contributed by atoms with van der Waals surface area (Å²) in [6.07, 6.45) is 2.16. The molecule has 3 aromatic carbocycles. The normalized spacial score (nSPS) is 17.3. The van der Waals surface area contributed by atoms with E-state index in [2.05, 4.69) is 18.3 Å². The molecule has 0 spiro atoms. The third kappa shape index (κ3) is 4.78. The molecule has 166 valence electrons. The van der Waals surface area contributed by atoms with Crippen LogP contribution >= 0.6 is 46.6 Å². The van der Waals surface area contributed by atoms with Gasteiger partial charge in [0.05, 0.1) is 11.2 Å². The smallest absolute Gasteiger partial charge is 0.228 e. The monoisotopic (exact) mass is 512 g/mol. The number of anilines is 1. The van der Waals surface area contributed by atoms with Crippen LogP contribution < -0.4 is 5.32 Å². The summed E-state index contributed by atoms with van der Waals surface area (Å²) >= 11 is 19.9. The largest absolute Gasteiger partial charge is 0.341 e. The van der Waals surface area contributed by atoms with Crippen LogP contribution in [0.5, 0.6) is 0 Å². The summed E-state index contributed by atoms with van der Waals surface area (Å²) in [7, 11) is 0. The van der Waals surface area contributed by atoms with Gasteiger partial charge < -0.3 is 5.32 Å². The molecule has 0 aliphatic carbocycles. The molecule has 0 fully saturated rings. The van der Waals surface area contributed by atoms with Crippen LogP contribution in [0.25, 0.3) is 5.70 Å². The highest BCUT2D eigenvalue weighted by Gasteiger charge is 2.33. The fourth-order valence-corrected chi connectivity index (χ4v) is 4.87. The number of nitrogens with one attached hydrogen (secondary N) is 1. The van der Waals surface area contributed by atoms with Gasteiger partial charge in [-0.3, -0.25) is 0 Å². The minimum Gasteiger partial charge on any atom is -0.341 e. The van der Waals surface area contributed by atoms with E-state index in [0.29, 0.717) is 21.2 Å². The lowest BCUT2D eigenvalue weighted by Gasteiger charge is -2.33. The molecule has 4 nitrogen and oxygen atoms in total. The van der Waals surface area contributed by atoms with Crippen molar-refractivity contribution in [3.05, 3.63) is 111 Å². The van der Waals surface area contributed by atoms with E-state index in [1.807, 2.05) is 77.5 Å². The van der Waals surface area contributed by atoms with Crippen molar-refractivity contribution in [2.75, 3.05) is 5.32 Å². The molecule has 5 rings (SSSR count). The average Bonchev–Trinajstić information content (AvgIpc) is 3.21. The molecule has 2 heterocycles. The first-order valence-corrected chi connectivity index (χ1v) is 12.4. The van der Waals surface area contributed by atoms with E-state index < -0.39 is 5.54 Å². The Morgan fingerprint density at radius 1 is 0.848 bits per heavy atom. The van der Waals surface area contributed by atoms with E-state index in [0.717, 1.165) is 33.2 Å². The Bertz CT molecular complexity index is 1320. The van der Waals surface area contributed by atoms with Gasteiger partial charge in [0.2, 0.25) is 11.1 Å². The quantitative estimate of drug-likeness (QED) is 0.277. The molecule has 1 aliphatic rings. The summed E-state index contributed by atoms with van der Waals surface area (Å²) in [5, 5.41) is 11.2. The molecule has 4 aromatic rings. The van der Waals surface area contributed by atoms with E-state index in [9.17, 15) is 0 Å². The van der Waals surface area contributed by atoms with E-state index >= 15 is 0 Å². The van der Waals surface area contributed by atoms with Crippen molar-refractivity contribution in [3.63, 3.8) is 0 Å². The molecular weight excluding hydrogens is 495 g/mol. The fourth-order valence-electron chi connectivity index (χ4n) is 3.71. The number of halogens is 3. The summed E-state index contributed by atoms with van der Waals surface area (Å²) in [5.74, 6) is 1.42. The Hall–Kier alpha value is -2.44. The van der Waals surface area contributed by atoms with Gasteiger partial charge in [-0.25, -0.2) is 0 Å². The van der Waals surface area contributed by atoms with Crippen molar-refractivity contribution in [1.82, 2.24) is 14.8 Å². The van der Waals surface area contributed by atoms with Crippen LogP contribution in [0.3, 0.4) is 0 Å². The average molecular weight is 514 g/mol. The molecule has 1 aliphatic heterocycles. The number of aromatic nitrogens is 3. The standard InChI is InChI=1S/C25H19Cl3N4S/c1-25(18-6-12-21(28)13-7-18)14-22(17-4-10-20(27)11-5-17)32-23(30-25)29-24(31-32)33-15-16-2-8-19(26)9-3-16/h2-14H,15H2,1H3,(H,29,30,31). The Kier molecular flexibility index (Phi) is 6.14. The van der Waals surface area contributed by atoms with Gasteiger partial charge in [0, 0.05) is 26.4 Å². The van der Waals surface area contributed by atoms with Gasteiger partial charge in [-0.15, -0.1) is 5.10 Å². The lowest BCUT2D eigenvalue weighted by Crippen LogP contribution is -2.35. The highest BCUT2D eigenvalue weighted by atomic mass is 35.5. The molecule has 0 radical (unpaired) electrons. The van der Waals surface area contributed by atoms with E-state index in [4.69, 9.17) is 44.9 Å². The SMILES string of the molecule is CC1(c2ccc(Cl)cc2)C=C(c2ccc(Cl)cc2)n2nc(SCc3ccc(Cl)cc3)nc2N1. The Morgan fingerprint density at radius 3 is 2.06 bits per heavy atom. The molecule has 8 heteroatoms. The molecule has 1 aromatic heterocycles. The van der Waals surface area contributed by atoms with Gasteiger partial charge in [-0.2, -0.15) is 9.67 Å². The number of hydrogen-bond donors (Lipinski definition) is 1. The topological polar surface area (TPSA) is 42.7 Å². The van der Waals surface area contributed by atoms with E-state index in [1.54, 1.807) is 11.8 Å². The predicted octanol–water partition coefficient (Wildman–Crippen LogP) is 7.76. The zero-order valence-electron chi connectivity index (χ0n) is 17.6. The van der Waals surface area contributed by atoms with Gasteiger partial charge in [0.25, 0.3) is 0 Å². The molecular formula is C25H19Cl3N4S. The first-order valence-electron chi connectivity index (χ1n) is 10.3. The van der Waals surface area contributed by atoms with Crippen LogP contribution in [0.15, 0.2) is 84.0 Å². The highest BCUT2D eigenvalue weighted by molar-refractivity contribution is 7.98. The van der Waals surface area contributed by atoms with Crippen molar-refractivity contribution in [2.24, 2.45) is 0 Å². The molecule has 0 saturated heterocycles. The third-order valence-corrected chi connectivity index (χ3v) is 7.14. The van der Waals surface area contributed by atoms with Gasteiger partial charge in [-0.1, -0.05) is 83.0 Å². The van der Waals surface area contributed by atoms with Crippen molar-refractivity contribution in [3.8, 4) is 0 Å². The Labute approximate surface area is 211 Å². The number of thioether (sulfide) groups is 1. The van der Waals surface area contributed by atoms with Crippen LogP contribution in [-0.2, 0) is 11.3 Å². The van der Waals surface area contributed by atoms with Crippen molar-refractivity contribution in [1.29, 1.82) is 0 Å². The van der Waals surface area contributed by atoms with Crippen LogP contribution in [-0.4, -0.2) is 14.8 Å². The molecule has 1 atom stereocenters. The Balaban J connectivity index is 1.52. The predicted molar refractivity (Wildman–Crippen MR) is 138 cm³/mol. The number of benzene rings is 3. The molecule has 33 heavy (non-hydrogen) atoms. The number of fused-ring (bicyclic) bond motifs is 1. The van der Waals surface area contributed by atoms with Crippen LogP contribution in [0.4, 0.5) is 5.95 Å². The summed E-state index contributed by atoms with van der Waals surface area (Å²) < 4.78 is 1.85. The lowest BCUT2D eigenvalue weighted by atomic mass is 9.89. The van der Waals surface area contributed by atoms with Crippen LogP contribution in [0.1, 0.15) is 23.6 Å². The second-order valence-corrected chi connectivity index (χ2v) is 10.2. The maximum absolute atomic E-state index is 6.14. The lowest BCUT2D eigenvalue weighted by molar-refractivity contribution is 0.650. The van der Waals surface area contributed by atoms with Crippen molar-refractivity contribution in [2.45, 2.75) is 23.4 Å². The van der Waals surface area contributed by atoms with Crippen LogP contribution in [0.2, 0.25) is 15.1 Å². The molecule has 0 bridgehead atoms. The molecule has 1 N–H and O–H groups in total. The first-order chi connectivity index (χ1) is 15.9. The number of rotatable bonds is 5. The number of nitrogens with zero attached hydrogens (tertiary/aromatic N) is 3. The van der Waals surface area contributed by atoms with Crippen molar-refractivity contribution < 1.29 is 0 Å². The summed E-state index contributed by atoms with van der Waals surface area (Å²) in [6.45, 7) is 2.12. The molecule has 0 amide bonds. The highest BCUT2D eigenvalue weighted by Crippen LogP contribution is 2.38. The second kappa shape index (κ2) is 9.07. The maximum atomic E-state index is 6.14. The van der Waals surface area contributed by atoms with E-state index in [-0.39, 0.29) is 0 Å². The van der Waals surface area contributed by atoms with E-state index in [1.165, 1.54) is 0 Å². The van der Waals surface area contributed by atoms with Gasteiger partial charge >= 0.3 is 0 Å². The molecule has 1 unspecified atom stereocenters. The number of hydrogen-bond acceptors (Lipinski definition) is 4. The minimum absolute atomic E-state index is 0.499. The fraction of sp³-hybridized carbons (Fsp3) is 0.120. The Morgan fingerprint density at radius 2 is 1.42 bits per heavy atom. The van der Waals surface area contributed by atoms with Gasteiger partial charge in [0.15, 0.2) is 0 Å². The zero-order chi connectivity index (χ0) is 23.0. The third-order valence-electron chi connectivity index (χ3n) is 5.48. The van der Waals surface area contributed by atoms with Gasteiger partial charge in [-0.05, 0) is 60.5 Å². The summed E-state index contributed by atoms with van der Waals surface area (Å²) in [5.41, 5.74) is 3.67. The van der Waals surface area contributed by atoms with Crippen LogP contribution in [0, 0.1) is 0 Å². The minimum atomic E-state index is -0.499. The summed E-state index contributed by atoms with van der Waals surface area (Å²) in [6, 6.07) is 23.4. The first kappa shape index (κ1) is 22.4. The maximum Gasteiger partial charge on any atom is 0.228 e. The zero-order valence-corrected chi connectivity index (χ0v) is 20.7. The molecule has 0 saturated carbocycles. The second-order valence-electron chi connectivity index (χ2n) is 7.92. The van der Waals surface area contributed by atoms with Crippen molar-refractivity contribution >= 4 is 58.2 Å². The van der Waals surface area contributed by atoms with Gasteiger partial charge in [0.1, 0.15) is 0 Å².